The van der Waals surface area contributed by atoms with Gasteiger partial charge in [-0.2, -0.15) is 0 Å². The third-order valence-electron chi connectivity index (χ3n) is 4.86. The van der Waals surface area contributed by atoms with Gasteiger partial charge in [-0.3, -0.25) is 9.59 Å². The van der Waals surface area contributed by atoms with E-state index in [4.69, 9.17) is 4.74 Å². The Balaban J connectivity index is 2.09. The van der Waals surface area contributed by atoms with Crippen molar-refractivity contribution in [1.29, 1.82) is 0 Å². The molecule has 4 heteroatoms. The van der Waals surface area contributed by atoms with Crippen LogP contribution >= 0.6 is 0 Å². The number of carbonyl (C=O) groups is 2. The SMILES string of the molecule is CC1=C2[C@H]3OC(=O)[C@@H](C)C3CCC2(C)C=CC(=O)N1. The van der Waals surface area contributed by atoms with E-state index in [1.165, 1.54) is 0 Å². The van der Waals surface area contributed by atoms with Crippen molar-refractivity contribution in [1.82, 2.24) is 5.32 Å². The van der Waals surface area contributed by atoms with E-state index in [9.17, 15) is 9.59 Å². The lowest BCUT2D eigenvalue weighted by atomic mass is 9.64. The molecule has 1 saturated carbocycles. The van der Waals surface area contributed by atoms with Gasteiger partial charge >= 0.3 is 5.97 Å². The zero-order valence-corrected chi connectivity index (χ0v) is 11.5. The largest absolute Gasteiger partial charge is 0.457 e. The maximum absolute atomic E-state index is 11.8. The van der Waals surface area contributed by atoms with Crippen LogP contribution in [0.25, 0.3) is 0 Å². The molecular weight excluding hydrogens is 242 g/mol. The summed E-state index contributed by atoms with van der Waals surface area (Å²) in [6.07, 6.45) is 5.29. The first-order valence-corrected chi connectivity index (χ1v) is 6.84. The lowest BCUT2D eigenvalue weighted by Crippen LogP contribution is -2.38. The van der Waals surface area contributed by atoms with Crippen molar-refractivity contribution >= 4 is 11.9 Å². The zero-order chi connectivity index (χ0) is 13.8. The van der Waals surface area contributed by atoms with Gasteiger partial charge in [-0.05, 0) is 25.3 Å². The summed E-state index contributed by atoms with van der Waals surface area (Å²) in [5, 5.41) is 2.87. The van der Waals surface area contributed by atoms with E-state index in [1.54, 1.807) is 6.08 Å². The molecule has 0 aromatic carbocycles. The second-order valence-corrected chi connectivity index (χ2v) is 6.13. The Morgan fingerprint density at radius 1 is 1.42 bits per heavy atom. The van der Waals surface area contributed by atoms with Crippen molar-refractivity contribution in [3.05, 3.63) is 23.4 Å². The average Bonchev–Trinajstić information content (AvgIpc) is 2.55. The van der Waals surface area contributed by atoms with Crippen molar-refractivity contribution in [3.63, 3.8) is 0 Å². The van der Waals surface area contributed by atoms with E-state index in [0.29, 0.717) is 0 Å². The van der Waals surface area contributed by atoms with Gasteiger partial charge in [0.1, 0.15) is 6.10 Å². The van der Waals surface area contributed by atoms with Crippen LogP contribution < -0.4 is 5.32 Å². The fourth-order valence-electron chi connectivity index (χ4n) is 3.73. The van der Waals surface area contributed by atoms with Crippen molar-refractivity contribution in [2.45, 2.75) is 39.7 Å². The Morgan fingerprint density at radius 2 is 2.16 bits per heavy atom. The standard InChI is InChI=1S/C15H19NO3/c1-8-10-4-6-15(3)7-5-11(17)16-9(2)12(15)13(10)19-14(8)18/h5,7-8,10,13H,4,6H2,1-3H3,(H,16,17)/t8-,10?,13-,15?/m0/s1. The summed E-state index contributed by atoms with van der Waals surface area (Å²) in [5.41, 5.74) is 1.73. The first kappa shape index (κ1) is 12.5. The molecule has 0 bridgehead atoms. The van der Waals surface area contributed by atoms with Crippen LogP contribution in [0, 0.1) is 17.3 Å². The molecule has 0 aromatic heterocycles. The Hall–Kier alpha value is -1.58. The van der Waals surface area contributed by atoms with Crippen LogP contribution in [0.4, 0.5) is 0 Å². The molecule has 0 aromatic rings. The molecule has 2 aliphatic heterocycles. The molecule has 19 heavy (non-hydrogen) atoms. The molecule has 3 rings (SSSR count). The minimum atomic E-state index is -0.186. The van der Waals surface area contributed by atoms with Gasteiger partial charge in [-0.15, -0.1) is 0 Å². The Bertz CT molecular complexity index is 519. The number of rotatable bonds is 0. The van der Waals surface area contributed by atoms with Gasteiger partial charge < -0.3 is 10.1 Å². The number of ether oxygens (including phenoxy) is 1. The number of fused-ring (bicyclic) bond motifs is 3. The zero-order valence-electron chi connectivity index (χ0n) is 11.5. The first-order valence-electron chi connectivity index (χ1n) is 6.84. The van der Waals surface area contributed by atoms with E-state index in [2.05, 4.69) is 12.2 Å². The van der Waals surface area contributed by atoms with Crippen molar-refractivity contribution in [3.8, 4) is 0 Å². The highest BCUT2D eigenvalue weighted by molar-refractivity contribution is 5.90. The van der Waals surface area contributed by atoms with Crippen LogP contribution in [0.3, 0.4) is 0 Å². The molecule has 2 unspecified atom stereocenters. The summed E-state index contributed by atoms with van der Waals surface area (Å²) < 4.78 is 5.59. The Labute approximate surface area is 112 Å². The van der Waals surface area contributed by atoms with E-state index in [-0.39, 0.29) is 35.2 Å². The number of allylic oxidation sites excluding steroid dienone is 2. The van der Waals surface area contributed by atoms with E-state index >= 15 is 0 Å². The summed E-state index contributed by atoms with van der Waals surface area (Å²) >= 11 is 0. The van der Waals surface area contributed by atoms with Crippen LogP contribution in [0.5, 0.6) is 0 Å². The highest BCUT2D eigenvalue weighted by Crippen LogP contribution is 2.51. The van der Waals surface area contributed by atoms with Crippen molar-refractivity contribution in [2.75, 3.05) is 0 Å². The minimum Gasteiger partial charge on any atom is -0.457 e. The monoisotopic (exact) mass is 261 g/mol. The molecule has 4 atom stereocenters. The topological polar surface area (TPSA) is 55.4 Å². The van der Waals surface area contributed by atoms with Crippen LogP contribution in [-0.4, -0.2) is 18.0 Å². The Morgan fingerprint density at radius 3 is 2.89 bits per heavy atom. The fraction of sp³-hybridized carbons (Fsp3) is 0.600. The summed E-state index contributed by atoms with van der Waals surface area (Å²) in [7, 11) is 0. The molecular formula is C15H19NO3. The summed E-state index contributed by atoms with van der Waals surface area (Å²) in [5.74, 6) is -0.0136. The summed E-state index contributed by atoms with van der Waals surface area (Å²) in [4.78, 5) is 23.5. The molecule has 2 heterocycles. The Kier molecular flexibility index (Phi) is 2.59. The average molecular weight is 261 g/mol. The van der Waals surface area contributed by atoms with E-state index in [0.717, 1.165) is 24.1 Å². The number of nitrogens with one attached hydrogen (secondary N) is 1. The number of amides is 1. The summed E-state index contributed by atoms with van der Waals surface area (Å²) in [6.45, 7) is 5.96. The molecule has 1 amide bonds. The molecule has 1 saturated heterocycles. The molecule has 0 spiro atoms. The van der Waals surface area contributed by atoms with Crippen LogP contribution in [0.1, 0.15) is 33.6 Å². The van der Waals surface area contributed by atoms with Gasteiger partial charge in [0.15, 0.2) is 0 Å². The van der Waals surface area contributed by atoms with Crippen molar-refractivity contribution < 1.29 is 14.3 Å². The predicted molar refractivity (Wildman–Crippen MR) is 69.9 cm³/mol. The highest BCUT2D eigenvalue weighted by atomic mass is 16.6. The molecule has 1 N–H and O–H groups in total. The molecule has 0 radical (unpaired) electrons. The predicted octanol–water partition coefficient (Wildman–Crippen LogP) is 1.92. The second-order valence-electron chi connectivity index (χ2n) is 6.13. The van der Waals surface area contributed by atoms with Gasteiger partial charge in [-0.25, -0.2) is 0 Å². The van der Waals surface area contributed by atoms with Crippen molar-refractivity contribution in [2.24, 2.45) is 17.3 Å². The summed E-state index contributed by atoms with van der Waals surface area (Å²) in [6, 6.07) is 0. The normalized spacial score (nSPS) is 41.3. The van der Waals surface area contributed by atoms with Gasteiger partial charge in [0.05, 0.1) is 5.92 Å². The third-order valence-corrected chi connectivity index (χ3v) is 4.86. The van der Waals surface area contributed by atoms with Gasteiger partial charge in [0, 0.05) is 23.1 Å². The van der Waals surface area contributed by atoms with Gasteiger partial charge in [0.25, 0.3) is 0 Å². The van der Waals surface area contributed by atoms with E-state index < -0.39 is 0 Å². The minimum absolute atomic E-state index is 0.0437. The molecule has 102 valence electrons. The smallest absolute Gasteiger partial charge is 0.309 e. The van der Waals surface area contributed by atoms with Gasteiger partial charge in [-0.1, -0.05) is 19.9 Å². The molecule has 2 fully saturated rings. The first-order chi connectivity index (χ1) is 8.92. The molecule has 1 aliphatic carbocycles. The molecule has 4 nitrogen and oxygen atoms in total. The number of esters is 1. The van der Waals surface area contributed by atoms with E-state index in [1.807, 2.05) is 19.9 Å². The van der Waals surface area contributed by atoms with Crippen LogP contribution in [0.15, 0.2) is 23.4 Å². The number of carbonyl (C=O) groups excluding carboxylic acids is 2. The number of hydrogen-bond acceptors (Lipinski definition) is 3. The van der Waals surface area contributed by atoms with Crippen LogP contribution in [-0.2, 0) is 14.3 Å². The third kappa shape index (κ3) is 1.73. The lowest BCUT2D eigenvalue weighted by Gasteiger charge is -2.40. The quantitative estimate of drug-likeness (QED) is 0.678. The fourth-order valence-corrected chi connectivity index (χ4v) is 3.73. The van der Waals surface area contributed by atoms with Gasteiger partial charge in [0.2, 0.25) is 5.91 Å². The highest BCUT2D eigenvalue weighted by Gasteiger charge is 2.52. The second kappa shape index (κ2) is 3.95. The maximum atomic E-state index is 11.8. The lowest BCUT2D eigenvalue weighted by molar-refractivity contribution is -0.143. The molecule has 3 aliphatic rings. The van der Waals surface area contributed by atoms with Crippen LogP contribution in [0.2, 0.25) is 0 Å². The maximum Gasteiger partial charge on any atom is 0.309 e. The number of hydrogen-bond donors (Lipinski definition) is 1.